The molecule has 2 heteroatoms. The van der Waals surface area contributed by atoms with Crippen LogP contribution in [-0.4, -0.2) is 0 Å². The highest BCUT2D eigenvalue weighted by Gasteiger charge is 2.24. The van der Waals surface area contributed by atoms with Crippen molar-refractivity contribution in [3.8, 4) is 77.9 Å². The molecule has 2 aromatic heterocycles. The summed E-state index contributed by atoms with van der Waals surface area (Å²) < 4.78 is 5.24. The molecular formula is C84H50S2. The summed E-state index contributed by atoms with van der Waals surface area (Å²) >= 11 is 3.82. The molecular weight excluding hydrogens is 1070 g/mol. The SMILES string of the molecule is c1cc(-c2cc(-c3cccc4sc5c(-c6c7ccccc7c(-c7ccc(-c8cccc9ccccc89)cc7)c7ccccc67)cccc5c34)cc3ccccc23)cc(-c2c3ccccc3c(-c3cccc4c3sc3ccccc34)c3ccccc23)c1. The minimum absolute atomic E-state index is 1.19. The Labute approximate surface area is 505 Å². The molecule has 398 valence electrons. The van der Waals surface area contributed by atoms with Crippen LogP contribution in [-0.2, 0) is 0 Å². The molecule has 0 N–H and O–H groups in total. The Hall–Kier alpha value is -10.5. The molecule has 0 radical (unpaired) electrons. The van der Waals surface area contributed by atoms with Crippen molar-refractivity contribution in [3.63, 3.8) is 0 Å². The van der Waals surface area contributed by atoms with Gasteiger partial charge in [0.25, 0.3) is 0 Å². The van der Waals surface area contributed by atoms with Gasteiger partial charge in [-0.3, -0.25) is 0 Å². The van der Waals surface area contributed by atoms with Gasteiger partial charge >= 0.3 is 0 Å². The number of rotatable bonds is 7. The average Bonchev–Trinajstić information content (AvgIpc) is 1.37. The summed E-state index contributed by atoms with van der Waals surface area (Å²) in [6.45, 7) is 0. The molecule has 0 saturated carbocycles. The lowest BCUT2D eigenvalue weighted by Crippen LogP contribution is -1.92. The quantitative estimate of drug-likeness (QED) is 0.140. The lowest BCUT2D eigenvalue weighted by Gasteiger charge is -2.19. The minimum atomic E-state index is 1.19. The molecule has 0 amide bonds. The summed E-state index contributed by atoms with van der Waals surface area (Å²) in [6.07, 6.45) is 0. The largest absolute Gasteiger partial charge is 0.135 e. The lowest BCUT2D eigenvalue weighted by molar-refractivity contribution is 1.63. The lowest BCUT2D eigenvalue weighted by atomic mass is 9.84. The van der Waals surface area contributed by atoms with Gasteiger partial charge in [-0.1, -0.05) is 273 Å². The molecule has 0 bridgehead atoms. The predicted molar refractivity (Wildman–Crippen MR) is 375 cm³/mol. The first-order valence-corrected chi connectivity index (χ1v) is 31.3. The topological polar surface area (TPSA) is 0 Å². The van der Waals surface area contributed by atoms with Crippen LogP contribution in [0.5, 0.6) is 0 Å². The molecule has 18 aromatic rings. The molecule has 0 aliphatic rings. The van der Waals surface area contributed by atoms with E-state index in [9.17, 15) is 0 Å². The van der Waals surface area contributed by atoms with Crippen LogP contribution in [0.4, 0.5) is 0 Å². The van der Waals surface area contributed by atoms with Gasteiger partial charge in [0.1, 0.15) is 0 Å². The number of fused-ring (bicyclic) bond motifs is 12. The molecule has 0 unspecified atom stereocenters. The highest BCUT2D eigenvalue weighted by Crippen LogP contribution is 2.52. The molecule has 0 aliphatic carbocycles. The van der Waals surface area contributed by atoms with E-state index in [1.54, 1.807) is 0 Å². The second-order valence-corrected chi connectivity index (χ2v) is 25.0. The van der Waals surface area contributed by atoms with E-state index in [1.165, 1.54) is 183 Å². The third kappa shape index (κ3) is 7.54. The second-order valence-electron chi connectivity index (χ2n) is 22.9. The third-order valence-corrected chi connectivity index (χ3v) is 20.7. The Bertz CT molecular complexity index is 5720. The van der Waals surface area contributed by atoms with Crippen molar-refractivity contribution in [2.45, 2.75) is 0 Å². The molecule has 0 spiro atoms. The van der Waals surface area contributed by atoms with Gasteiger partial charge in [0.15, 0.2) is 0 Å². The van der Waals surface area contributed by atoms with E-state index in [4.69, 9.17) is 0 Å². The van der Waals surface area contributed by atoms with Crippen LogP contribution in [0.2, 0.25) is 0 Å². The number of benzene rings is 16. The van der Waals surface area contributed by atoms with Gasteiger partial charge in [-0.15, -0.1) is 22.7 Å². The fourth-order valence-electron chi connectivity index (χ4n) is 14.5. The molecule has 86 heavy (non-hydrogen) atoms. The van der Waals surface area contributed by atoms with E-state index in [0.717, 1.165) is 0 Å². The molecule has 18 rings (SSSR count). The zero-order valence-electron chi connectivity index (χ0n) is 46.7. The van der Waals surface area contributed by atoms with Crippen molar-refractivity contribution in [1.82, 2.24) is 0 Å². The van der Waals surface area contributed by atoms with Gasteiger partial charge < -0.3 is 0 Å². The smallest absolute Gasteiger partial charge is 0.0434 e. The van der Waals surface area contributed by atoms with Gasteiger partial charge in [-0.2, -0.15) is 0 Å². The zero-order valence-corrected chi connectivity index (χ0v) is 48.3. The summed E-state index contributed by atoms with van der Waals surface area (Å²) in [5, 5.41) is 20.3. The zero-order chi connectivity index (χ0) is 56.4. The third-order valence-electron chi connectivity index (χ3n) is 18.2. The Morgan fingerprint density at radius 1 is 0.174 bits per heavy atom. The van der Waals surface area contributed by atoms with E-state index >= 15 is 0 Å². The van der Waals surface area contributed by atoms with E-state index in [-0.39, 0.29) is 0 Å². The van der Waals surface area contributed by atoms with Crippen LogP contribution in [0.15, 0.2) is 303 Å². The Balaban J connectivity index is 0.784. The van der Waals surface area contributed by atoms with Gasteiger partial charge in [0.2, 0.25) is 0 Å². The first-order valence-electron chi connectivity index (χ1n) is 29.6. The van der Waals surface area contributed by atoms with Gasteiger partial charge in [-0.05, 0) is 162 Å². The Morgan fingerprint density at radius 2 is 0.570 bits per heavy atom. The molecule has 2 heterocycles. The second kappa shape index (κ2) is 19.6. The maximum absolute atomic E-state index is 2.46. The summed E-state index contributed by atoms with van der Waals surface area (Å²) in [7, 11) is 0. The van der Waals surface area contributed by atoms with Crippen molar-refractivity contribution < 1.29 is 0 Å². The van der Waals surface area contributed by atoms with E-state index in [2.05, 4.69) is 303 Å². The fourth-order valence-corrected chi connectivity index (χ4v) is 17.0. The first kappa shape index (κ1) is 49.0. The van der Waals surface area contributed by atoms with Crippen LogP contribution in [0.3, 0.4) is 0 Å². The monoisotopic (exact) mass is 1120 g/mol. The van der Waals surface area contributed by atoms with Crippen molar-refractivity contribution in [3.05, 3.63) is 303 Å². The van der Waals surface area contributed by atoms with Crippen molar-refractivity contribution in [2.24, 2.45) is 0 Å². The Kier molecular flexibility index (Phi) is 11.1. The van der Waals surface area contributed by atoms with Crippen molar-refractivity contribution in [2.75, 3.05) is 0 Å². The summed E-state index contributed by atoms with van der Waals surface area (Å²) in [6, 6.07) is 114. The standard InChI is InChI=1S/C84H50S2/c1-3-25-58-51(20-1)22-16-36-59(58)52-44-46-53(47-45-52)78-63-28-5-9-32-67(63)81(68-33-10-6-29-64(68)78)73-40-18-41-74-82-61(37-19-43-77(82)86-84(73)74)57-49-54-21-2-4-26-60(54)75(50-57)55-23-15-24-56(48-55)79-65-30-7-11-34-69(65)80(70-35-12-8-31-66(70)79)72-39-17-38-71-62-27-13-14-42-76(62)85-83(71)72/h1-50H. The summed E-state index contributed by atoms with van der Waals surface area (Å²) in [5.41, 5.74) is 17.4. The molecule has 0 saturated heterocycles. The maximum atomic E-state index is 2.46. The predicted octanol–water partition coefficient (Wildman–Crippen LogP) is 25.0. The first-order chi connectivity index (χ1) is 42.7. The van der Waals surface area contributed by atoms with Crippen LogP contribution < -0.4 is 0 Å². The maximum Gasteiger partial charge on any atom is 0.0434 e. The number of hydrogen-bond acceptors (Lipinski definition) is 2. The van der Waals surface area contributed by atoms with E-state index in [0.29, 0.717) is 0 Å². The van der Waals surface area contributed by atoms with Gasteiger partial charge in [0.05, 0.1) is 0 Å². The van der Waals surface area contributed by atoms with Gasteiger partial charge in [0, 0.05) is 51.5 Å². The highest BCUT2D eigenvalue weighted by atomic mass is 32.1. The molecule has 0 nitrogen and oxygen atoms in total. The fraction of sp³-hybridized carbons (Fsp3) is 0. The van der Waals surface area contributed by atoms with Crippen LogP contribution in [0.25, 0.3) is 183 Å². The van der Waals surface area contributed by atoms with Crippen LogP contribution in [0, 0.1) is 0 Å². The van der Waals surface area contributed by atoms with Crippen LogP contribution in [0.1, 0.15) is 0 Å². The van der Waals surface area contributed by atoms with Crippen molar-refractivity contribution in [1.29, 1.82) is 0 Å². The number of thiophene rings is 2. The van der Waals surface area contributed by atoms with Crippen LogP contribution >= 0.6 is 22.7 Å². The highest BCUT2D eigenvalue weighted by molar-refractivity contribution is 7.26. The molecule has 16 aromatic carbocycles. The van der Waals surface area contributed by atoms with E-state index in [1.807, 2.05) is 22.7 Å². The molecule has 0 aliphatic heterocycles. The van der Waals surface area contributed by atoms with Gasteiger partial charge in [-0.25, -0.2) is 0 Å². The summed E-state index contributed by atoms with van der Waals surface area (Å²) in [5.74, 6) is 0. The van der Waals surface area contributed by atoms with Crippen molar-refractivity contribution >= 4 is 128 Å². The normalized spacial score (nSPS) is 12.0. The molecule has 0 fully saturated rings. The summed E-state index contributed by atoms with van der Waals surface area (Å²) in [4.78, 5) is 0. The number of hydrogen-bond donors (Lipinski definition) is 0. The molecule has 0 atom stereocenters. The average molecular weight is 1120 g/mol. The Morgan fingerprint density at radius 3 is 1.21 bits per heavy atom. The minimum Gasteiger partial charge on any atom is -0.135 e. The van der Waals surface area contributed by atoms with E-state index < -0.39 is 0 Å².